The summed E-state index contributed by atoms with van der Waals surface area (Å²) in [5, 5.41) is 0. The number of hydrogen-bond acceptors (Lipinski definition) is 8. The molecule has 0 saturated carbocycles. The van der Waals surface area contributed by atoms with Gasteiger partial charge in [0, 0.05) is 6.42 Å². The Hall–Kier alpha value is -2.92. The Morgan fingerprint density at radius 1 is 0.765 bits per heavy atom. The highest BCUT2D eigenvalue weighted by atomic mass is 31.2. The molecule has 11 heteroatoms. The van der Waals surface area contributed by atoms with Gasteiger partial charge in [-0.25, -0.2) is 9.09 Å². The van der Waals surface area contributed by atoms with Gasteiger partial charge in [-0.1, -0.05) is 118 Å². The summed E-state index contributed by atoms with van der Waals surface area (Å²) >= 11 is 0. The van der Waals surface area contributed by atoms with E-state index in [9.17, 15) is 19.1 Å². The molecule has 1 saturated heterocycles. The van der Waals surface area contributed by atoms with E-state index in [2.05, 4.69) is 0 Å². The zero-order valence-corrected chi connectivity index (χ0v) is 31.5. The fourth-order valence-corrected chi connectivity index (χ4v) is 7.00. The van der Waals surface area contributed by atoms with Crippen LogP contribution >= 0.6 is 7.82 Å². The predicted octanol–water partition coefficient (Wildman–Crippen LogP) is 8.29. The molecule has 10 nitrogen and oxygen atoms in total. The van der Waals surface area contributed by atoms with Gasteiger partial charge in [-0.3, -0.25) is 4.79 Å². The van der Waals surface area contributed by atoms with Crippen LogP contribution in [0.5, 0.6) is 0 Å². The minimum absolute atomic E-state index is 0.00152. The van der Waals surface area contributed by atoms with Gasteiger partial charge in [-0.2, -0.15) is 0 Å². The average molecular weight is 727 g/mol. The maximum Gasteiger partial charge on any atom is 0.472 e. The molecule has 1 heterocycles. The van der Waals surface area contributed by atoms with Crippen molar-refractivity contribution in [3.05, 3.63) is 108 Å². The topological polar surface area (TPSA) is 130 Å². The third kappa shape index (κ3) is 11.3. The Labute approximate surface area is 303 Å². The van der Waals surface area contributed by atoms with Crippen LogP contribution in [0.4, 0.5) is 0 Å². The van der Waals surface area contributed by atoms with Crippen LogP contribution in [0.2, 0.25) is 0 Å². The molecule has 0 aliphatic carbocycles. The summed E-state index contributed by atoms with van der Waals surface area (Å²) in [5.41, 5.74) is -0.159. The SMILES string of the molecule is CCCC[C@]1(OP(=O)(O)O)O[C@H](COCc2ccccc2)[C@@H](OCc2ccccc2)[C@H](OCc2ccccc2)[C@@]1(CCCC)OC(=O)C(C)(C)C. The summed E-state index contributed by atoms with van der Waals surface area (Å²) in [4.78, 5) is 35.2. The summed E-state index contributed by atoms with van der Waals surface area (Å²) in [6.45, 7) is 9.61. The second-order valence-corrected chi connectivity index (χ2v) is 15.4. The number of phosphoric acid groups is 1. The van der Waals surface area contributed by atoms with Crippen molar-refractivity contribution in [3.8, 4) is 0 Å². The van der Waals surface area contributed by atoms with Crippen LogP contribution in [-0.4, -0.2) is 52.1 Å². The summed E-state index contributed by atoms with van der Waals surface area (Å²) in [7, 11) is -5.28. The largest absolute Gasteiger partial charge is 0.472 e. The van der Waals surface area contributed by atoms with Crippen LogP contribution < -0.4 is 0 Å². The molecule has 0 bridgehead atoms. The molecule has 1 aliphatic rings. The van der Waals surface area contributed by atoms with E-state index in [1.54, 1.807) is 20.8 Å². The Morgan fingerprint density at radius 3 is 1.75 bits per heavy atom. The monoisotopic (exact) mass is 726 g/mol. The quantitative estimate of drug-likeness (QED) is 0.0920. The lowest BCUT2D eigenvalue weighted by molar-refractivity contribution is -0.398. The van der Waals surface area contributed by atoms with Gasteiger partial charge in [0.15, 0.2) is 5.60 Å². The first-order chi connectivity index (χ1) is 24.3. The lowest BCUT2D eigenvalue weighted by Crippen LogP contribution is -2.76. The van der Waals surface area contributed by atoms with Crippen molar-refractivity contribution in [1.82, 2.24) is 0 Å². The number of phosphoric ester groups is 1. The van der Waals surface area contributed by atoms with Gasteiger partial charge < -0.3 is 33.5 Å². The lowest BCUT2D eigenvalue weighted by Gasteiger charge is -2.59. The average Bonchev–Trinajstić information content (AvgIpc) is 3.10. The fourth-order valence-electron chi connectivity index (χ4n) is 6.33. The molecule has 51 heavy (non-hydrogen) atoms. The second kappa shape index (κ2) is 18.7. The van der Waals surface area contributed by atoms with Crippen molar-refractivity contribution < 1.29 is 47.4 Å². The van der Waals surface area contributed by atoms with Gasteiger partial charge in [-0.15, -0.1) is 0 Å². The van der Waals surface area contributed by atoms with E-state index < -0.39 is 48.9 Å². The normalized spacial score (nSPS) is 23.9. The number of ether oxygens (including phenoxy) is 5. The molecule has 3 aromatic rings. The van der Waals surface area contributed by atoms with E-state index in [4.69, 9.17) is 28.2 Å². The Kier molecular flexibility index (Phi) is 15.0. The number of carbonyl (C=O) groups excluding carboxylic acids is 1. The fraction of sp³-hybridized carbons (Fsp3) is 0.525. The van der Waals surface area contributed by atoms with Crippen LogP contribution in [0, 0.1) is 5.41 Å². The molecule has 0 amide bonds. The van der Waals surface area contributed by atoms with Crippen molar-refractivity contribution in [2.45, 2.75) is 123 Å². The van der Waals surface area contributed by atoms with Crippen molar-refractivity contribution in [2.24, 2.45) is 5.41 Å². The van der Waals surface area contributed by atoms with Gasteiger partial charge in [0.2, 0.25) is 5.79 Å². The number of carbonyl (C=O) groups is 1. The smallest absolute Gasteiger partial charge is 0.450 e. The Bertz CT molecular complexity index is 1510. The van der Waals surface area contributed by atoms with Crippen LogP contribution in [0.25, 0.3) is 0 Å². The highest BCUT2D eigenvalue weighted by Gasteiger charge is 2.70. The zero-order valence-electron chi connectivity index (χ0n) is 30.6. The van der Waals surface area contributed by atoms with Crippen molar-refractivity contribution >= 4 is 13.8 Å². The molecule has 0 radical (unpaired) electrons. The highest BCUT2D eigenvalue weighted by molar-refractivity contribution is 7.46. The minimum Gasteiger partial charge on any atom is -0.450 e. The molecule has 2 N–H and O–H groups in total. The summed E-state index contributed by atoms with van der Waals surface area (Å²) in [6, 6.07) is 28.8. The van der Waals surface area contributed by atoms with Crippen LogP contribution in [0.3, 0.4) is 0 Å². The minimum atomic E-state index is -5.28. The molecule has 0 aromatic heterocycles. The molecular formula is C40H55O10P. The second-order valence-electron chi connectivity index (χ2n) is 14.2. The molecule has 0 unspecified atom stereocenters. The van der Waals surface area contributed by atoms with Crippen molar-refractivity contribution in [1.29, 1.82) is 0 Å². The summed E-state index contributed by atoms with van der Waals surface area (Å²) in [6.07, 6.45) is -0.593. The Balaban J connectivity index is 1.93. The molecule has 1 aliphatic heterocycles. The molecule has 280 valence electrons. The molecule has 1 fully saturated rings. The molecule has 0 spiro atoms. The summed E-state index contributed by atoms with van der Waals surface area (Å²) in [5.74, 6) is -2.72. The van der Waals surface area contributed by atoms with E-state index in [-0.39, 0.29) is 39.3 Å². The number of esters is 1. The number of benzene rings is 3. The number of hydrogen-bond donors (Lipinski definition) is 2. The number of unbranched alkanes of at least 4 members (excludes halogenated alkanes) is 2. The Morgan fingerprint density at radius 2 is 1.25 bits per heavy atom. The van der Waals surface area contributed by atoms with Crippen LogP contribution in [0.15, 0.2) is 91.0 Å². The van der Waals surface area contributed by atoms with E-state index in [1.807, 2.05) is 105 Å². The zero-order chi connectivity index (χ0) is 37.0. The standard InChI is InChI=1S/C40H55O10P/c1-6-8-25-39(49-37(41)38(3,4)5)36(47-29-33-23-17-12-18-24-33)35(46-28-32-21-15-11-16-22-32)34(30-45-27-31-19-13-10-14-20-31)48-40(39,26-9-7-2)50-51(42,43)44/h10-24,34-36H,6-9,25-30H2,1-5H3,(H2,42,43,44)/t34-,35-,36+,39-,40-/m1/s1. The van der Waals surface area contributed by atoms with E-state index in [1.165, 1.54) is 0 Å². The van der Waals surface area contributed by atoms with E-state index >= 15 is 0 Å². The van der Waals surface area contributed by atoms with Gasteiger partial charge in [0.05, 0.1) is 31.8 Å². The maximum absolute atomic E-state index is 14.1. The lowest BCUT2D eigenvalue weighted by atomic mass is 9.73. The van der Waals surface area contributed by atoms with Crippen molar-refractivity contribution in [3.63, 3.8) is 0 Å². The van der Waals surface area contributed by atoms with Gasteiger partial charge in [0.25, 0.3) is 0 Å². The maximum atomic E-state index is 14.1. The predicted molar refractivity (Wildman–Crippen MR) is 194 cm³/mol. The van der Waals surface area contributed by atoms with Gasteiger partial charge in [0.1, 0.15) is 18.3 Å². The van der Waals surface area contributed by atoms with E-state index in [0.717, 1.165) is 16.7 Å². The van der Waals surface area contributed by atoms with Crippen LogP contribution in [0.1, 0.15) is 89.8 Å². The van der Waals surface area contributed by atoms with E-state index in [0.29, 0.717) is 25.7 Å². The first-order valence-electron chi connectivity index (χ1n) is 17.9. The van der Waals surface area contributed by atoms with Crippen LogP contribution in [-0.2, 0) is 57.4 Å². The third-order valence-corrected chi connectivity index (χ3v) is 9.51. The van der Waals surface area contributed by atoms with Crippen molar-refractivity contribution in [2.75, 3.05) is 6.61 Å². The molecule has 4 rings (SSSR count). The molecule has 5 atom stereocenters. The highest BCUT2D eigenvalue weighted by Crippen LogP contribution is 2.56. The number of rotatable bonds is 19. The van der Waals surface area contributed by atoms with Gasteiger partial charge >= 0.3 is 13.8 Å². The molecule has 3 aromatic carbocycles. The molecular weight excluding hydrogens is 671 g/mol. The first kappa shape index (κ1) is 40.8. The summed E-state index contributed by atoms with van der Waals surface area (Å²) < 4.78 is 52.3. The third-order valence-electron chi connectivity index (χ3n) is 8.98. The first-order valence-corrected chi connectivity index (χ1v) is 19.5. The van der Waals surface area contributed by atoms with Gasteiger partial charge in [-0.05, 0) is 56.7 Å².